The van der Waals surface area contributed by atoms with Crippen LogP contribution in [0.4, 0.5) is 5.82 Å². The van der Waals surface area contributed by atoms with Crippen LogP contribution >= 0.6 is 0 Å². The maximum atomic E-state index is 12.3. The van der Waals surface area contributed by atoms with Crippen LogP contribution < -0.4 is 0 Å². The molecule has 2 heterocycles. The van der Waals surface area contributed by atoms with E-state index in [1.807, 2.05) is 0 Å². The second-order valence-corrected chi connectivity index (χ2v) is 4.67. The van der Waals surface area contributed by atoms with E-state index in [-0.39, 0.29) is 30.1 Å². The highest BCUT2D eigenvalue weighted by Crippen LogP contribution is 2.24. The number of H-pyrrole nitrogens is 1. The van der Waals surface area contributed by atoms with Gasteiger partial charge in [0.1, 0.15) is 0 Å². The first-order valence-electron chi connectivity index (χ1n) is 6.38. The van der Waals surface area contributed by atoms with Crippen LogP contribution in [0.1, 0.15) is 36.2 Å². The van der Waals surface area contributed by atoms with Gasteiger partial charge in [-0.1, -0.05) is 0 Å². The lowest BCUT2D eigenvalue weighted by Crippen LogP contribution is -2.35. The van der Waals surface area contributed by atoms with Crippen molar-refractivity contribution in [1.29, 1.82) is 0 Å². The highest BCUT2D eigenvalue weighted by Gasteiger charge is 2.31. The summed E-state index contributed by atoms with van der Waals surface area (Å²) in [7, 11) is 0. The first-order chi connectivity index (χ1) is 9.13. The largest absolute Gasteiger partial charge is 0.396 e. The molecule has 0 aromatic carbocycles. The van der Waals surface area contributed by atoms with Gasteiger partial charge in [0, 0.05) is 25.3 Å². The number of hydrogen-bond acceptors (Lipinski definition) is 4. The lowest BCUT2D eigenvalue weighted by atomic mass is 10.1. The van der Waals surface area contributed by atoms with Gasteiger partial charge in [-0.25, -0.2) is 4.98 Å². The molecule has 7 nitrogen and oxygen atoms in total. The fourth-order valence-electron chi connectivity index (χ4n) is 2.50. The number of carbonyl (C=O) groups is 1. The third kappa shape index (κ3) is 2.93. The van der Waals surface area contributed by atoms with Crippen molar-refractivity contribution in [3.63, 3.8) is 0 Å². The minimum atomic E-state index is -0.552. The topological polar surface area (TPSA) is 99.5 Å². The summed E-state index contributed by atoms with van der Waals surface area (Å²) in [5, 5.41) is 19.4. The number of amides is 1. The Morgan fingerprint density at radius 1 is 1.58 bits per heavy atom. The highest BCUT2D eigenvalue weighted by molar-refractivity contribution is 5.93. The first-order valence-corrected chi connectivity index (χ1v) is 6.38. The smallest absolute Gasteiger partial charge is 0.321 e. The summed E-state index contributed by atoms with van der Waals surface area (Å²) < 4.78 is 0. The molecule has 0 aliphatic carbocycles. The number of aliphatic hydroxyl groups is 1. The normalized spacial score (nSPS) is 18.8. The maximum absolute atomic E-state index is 12.3. The third-order valence-electron chi connectivity index (χ3n) is 3.43. The molecular formula is C12H17N3O4. The Bertz CT molecular complexity index is 471. The van der Waals surface area contributed by atoms with E-state index >= 15 is 0 Å². The summed E-state index contributed by atoms with van der Waals surface area (Å²) in [6.45, 7) is 0.786. The zero-order valence-electron chi connectivity index (χ0n) is 10.5. The lowest BCUT2D eigenvalue weighted by molar-refractivity contribution is -0.389. The fraction of sp³-hybridized carbons (Fsp3) is 0.583. The van der Waals surface area contributed by atoms with Gasteiger partial charge in [-0.15, -0.1) is 0 Å². The summed E-state index contributed by atoms with van der Waals surface area (Å²) in [5.74, 6) is -0.372. The van der Waals surface area contributed by atoms with Crippen LogP contribution in [0.25, 0.3) is 0 Å². The van der Waals surface area contributed by atoms with Gasteiger partial charge in [0.05, 0.1) is 0 Å². The first kappa shape index (κ1) is 13.5. The van der Waals surface area contributed by atoms with Gasteiger partial charge in [-0.3, -0.25) is 4.79 Å². The molecule has 19 heavy (non-hydrogen) atoms. The summed E-state index contributed by atoms with van der Waals surface area (Å²) in [6, 6.07) is 2.87. The average molecular weight is 267 g/mol. The number of aromatic amines is 1. The molecule has 1 aliphatic heterocycles. The highest BCUT2D eigenvalue weighted by atomic mass is 16.6. The second-order valence-electron chi connectivity index (χ2n) is 4.67. The number of rotatable bonds is 5. The van der Waals surface area contributed by atoms with E-state index < -0.39 is 4.92 Å². The zero-order valence-corrected chi connectivity index (χ0v) is 10.5. The van der Waals surface area contributed by atoms with Crippen molar-refractivity contribution in [1.82, 2.24) is 9.88 Å². The van der Waals surface area contributed by atoms with Gasteiger partial charge >= 0.3 is 5.82 Å². The molecule has 2 rings (SSSR count). The van der Waals surface area contributed by atoms with E-state index in [1.54, 1.807) is 4.90 Å². The van der Waals surface area contributed by atoms with E-state index in [0.29, 0.717) is 13.0 Å². The van der Waals surface area contributed by atoms with Gasteiger partial charge < -0.3 is 20.1 Å². The SMILES string of the molecule is O=C(c1ccc([N+](=O)[O-])[nH]1)N1CCCC1CCCO. The number of carbonyl (C=O) groups excluding carboxylic acids is 1. The molecule has 1 aliphatic rings. The standard InChI is InChI=1S/C12H17N3O4/c16-8-2-4-9-3-1-7-14(9)12(17)10-5-6-11(13-10)15(18)19/h5-6,9,13,16H,1-4,7-8H2. The molecule has 0 saturated carbocycles. The summed E-state index contributed by atoms with van der Waals surface area (Å²) in [5.41, 5.74) is 0.252. The lowest BCUT2D eigenvalue weighted by Gasteiger charge is -2.23. The van der Waals surface area contributed by atoms with Crippen LogP contribution in [0.3, 0.4) is 0 Å². The minimum absolute atomic E-state index is 0.118. The van der Waals surface area contributed by atoms with Crippen LogP contribution in [-0.2, 0) is 0 Å². The van der Waals surface area contributed by atoms with E-state index in [0.717, 1.165) is 19.3 Å². The molecule has 1 amide bonds. The van der Waals surface area contributed by atoms with Crippen LogP contribution in [0, 0.1) is 10.1 Å². The van der Waals surface area contributed by atoms with Crippen LogP contribution in [0.15, 0.2) is 12.1 Å². The summed E-state index contributed by atoms with van der Waals surface area (Å²) in [4.78, 5) is 26.6. The van der Waals surface area contributed by atoms with Crippen molar-refractivity contribution < 1.29 is 14.8 Å². The van der Waals surface area contributed by atoms with Crippen molar-refractivity contribution >= 4 is 11.7 Å². The van der Waals surface area contributed by atoms with Crippen LogP contribution in [0.2, 0.25) is 0 Å². The third-order valence-corrected chi connectivity index (χ3v) is 3.43. The van der Waals surface area contributed by atoms with Crippen molar-refractivity contribution in [2.75, 3.05) is 13.2 Å². The van der Waals surface area contributed by atoms with Gasteiger partial charge in [-0.05, 0) is 36.7 Å². The Labute approximate surface area is 110 Å². The zero-order chi connectivity index (χ0) is 13.8. The number of nitrogens with one attached hydrogen (secondary N) is 1. The van der Waals surface area contributed by atoms with Gasteiger partial charge in [0.2, 0.25) is 0 Å². The number of nitro groups is 1. The van der Waals surface area contributed by atoms with E-state index in [9.17, 15) is 14.9 Å². The molecule has 0 radical (unpaired) electrons. The van der Waals surface area contributed by atoms with Crippen molar-refractivity contribution in [3.05, 3.63) is 27.9 Å². The van der Waals surface area contributed by atoms with Crippen LogP contribution in [-0.4, -0.2) is 45.0 Å². The molecule has 1 atom stereocenters. The van der Waals surface area contributed by atoms with Crippen molar-refractivity contribution in [2.24, 2.45) is 0 Å². The average Bonchev–Trinajstić information content (AvgIpc) is 3.04. The molecule has 7 heteroatoms. The predicted octanol–water partition coefficient (Wildman–Crippen LogP) is 1.30. The van der Waals surface area contributed by atoms with Gasteiger partial charge in [-0.2, -0.15) is 0 Å². The Morgan fingerprint density at radius 3 is 3.00 bits per heavy atom. The van der Waals surface area contributed by atoms with E-state index in [1.165, 1.54) is 12.1 Å². The van der Waals surface area contributed by atoms with Gasteiger partial charge in [0.25, 0.3) is 5.91 Å². The predicted molar refractivity (Wildman–Crippen MR) is 67.8 cm³/mol. The number of aromatic nitrogens is 1. The number of nitrogens with zero attached hydrogens (tertiary/aromatic N) is 2. The van der Waals surface area contributed by atoms with Crippen LogP contribution in [0.5, 0.6) is 0 Å². The molecule has 1 aromatic heterocycles. The summed E-state index contributed by atoms with van der Waals surface area (Å²) >= 11 is 0. The summed E-state index contributed by atoms with van der Waals surface area (Å²) in [6.07, 6.45) is 3.30. The van der Waals surface area contributed by atoms with E-state index in [2.05, 4.69) is 4.98 Å². The molecular weight excluding hydrogens is 250 g/mol. The monoisotopic (exact) mass is 267 g/mol. The fourth-order valence-corrected chi connectivity index (χ4v) is 2.50. The molecule has 104 valence electrons. The molecule has 0 spiro atoms. The number of likely N-dealkylation sites (tertiary alicyclic amines) is 1. The molecule has 2 N–H and O–H groups in total. The molecule has 1 unspecified atom stereocenters. The minimum Gasteiger partial charge on any atom is -0.396 e. The van der Waals surface area contributed by atoms with Gasteiger partial charge in [0.15, 0.2) is 5.69 Å². The van der Waals surface area contributed by atoms with Crippen molar-refractivity contribution in [2.45, 2.75) is 31.7 Å². The van der Waals surface area contributed by atoms with E-state index in [4.69, 9.17) is 5.11 Å². The second kappa shape index (κ2) is 5.83. The Hall–Kier alpha value is -1.89. The number of hydrogen-bond donors (Lipinski definition) is 2. The quantitative estimate of drug-likeness (QED) is 0.620. The Morgan fingerprint density at radius 2 is 2.37 bits per heavy atom. The molecule has 1 saturated heterocycles. The molecule has 1 fully saturated rings. The Balaban J connectivity index is 2.07. The Kier molecular flexibility index (Phi) is 4.16. The maximum Gasteiger partial charge on any atom is 0.321 e. The van der Waals surface area contributed by atoms with Crippen molar-refractivity contribution in [3.8, 4) is 0 Å². The molecule has 0 bridgehead atoms. The number of aliphatic hydroxyl groups excluding tert-OH is 1. The molecule has 1 aromatic rings.